The van der Waals surface area contributed by atoms with Gasteiger partial charge in [-0.3, -0.25) is 0 Å². The van der Waals surface area contributed by atoms with E-state index in [1.54, 1.807) is 0 Å². The van der Waals surface area contributed by atoms with Gasteiger partial charge in [0.25, 0.3) is 0 Å². The molecule has 0 bridgehead atoms. The Morgan fingerprint density at radius 3 is 2.69 bits per heavy atom. The van der Waals surface area contributed by atoms with Gasteiger partial charge >= 0.3 is 0 Å². The van der Waals surface area contributed by atoms with Crippen LogP contribution in [0.1, 0.15) is 37.3 Å². The molecule has 0 aromatic heterocycles. The molecule has 1 fully saturated rings. The van der Waals surface area contributed by atoms with E-state index in [0.717, 1.165) is 5.92 Å². The minimum Gasteiger partial charge on any atom is -0.314 e. The third kappa shape index (κ3) is 3.08. The van der Waals surface area contributed by atoms with Gasteiger partial charge in [-0.2, -0.15) is 0 Å². The number of hydrogen-bond acceptors (Lipinski definition) is 1. The summed E-state index contributed by atoms with van der Waals surface area (Å²) in [5, 5.41) is 3.65. The highest BCUT2D eigenvalue weighted by molar-refractivity contribution is 5.22. The van der Waals surface area contributed by atoms with E-state index in [4.69, 9.17) is 0 Å². The molecule has 1 nitrogen and oxygen atoms in total. The molecule has 1 aromatic rings. The number of nitrogens with one attached hydrogen (secondary N) is 1. The highest BCUT2D eigenvalue weighted by atomic mass is 14.9. The molecule has 2 atom stereocenters. The van der Waals surface area contributed by atoms with Crippen LogP contribution in [0.5, 0.6) is 0 Å². The Bertz CT molecular complexity index is 315. The zero-order valence-corrected chi connectivity index (χ0v) is 10.5. The summed E-state index contributed by atoms with van der Waals surface area (Å²) in [6.07, 6.45) is 5.24. The molecule has 1 aliphatic heterocycles. The Hall–Kier alpha value is -0.820. The fraction of sp³-hybridized carbons (Fsp3) is 0.600. The third-order valence-corrected chi connectivity index (χ3v) is 3.78. The molecule has 0 amide bonds. The maximum absolute atomic E-state index is 3.65. The minimum atomic E-state index is 0.696. The molecule has 0 aliphatic carbocycles. The molecule has 1 N–H and O–H groups in total. The summed E-state index contributed by atoms with van der Waals surface area (Å²) < 4.78 is 0. The van der Waals surface area contributed by atoms with Crippen LogP contribution in [0.3, 0.4) is 0 Å². The molecule has 88 valence electrons. The lowest BCUT2D eigenvalue weighted by atomic mass is 9.87. The van der Waals surface area contributed by atoms with Crippen LogP contribution in [-0.2, 0) is 6.42 Å². The first-order valence-electron chi connectivity index (χ1n) is 6.57. The summed E-state index contributed by atoms with van der Waals surface area (Å²) in [5.74, 6) is 0.941. The second-order valence-electron chi connectivity index (χ2n) is 5.14. The molecule has 1 heterocycles. The van der Waals surface area contributed by atoms with Crippen LogP contribution < -0.4 is 5.32 Å². The lowest BCUT2D eigenvalue weighted by Gasteiger charge is -2.29. The number of aryl methyl sites for hydroxylation is 1. The van der Waals surface area contributed by atoms with E-state index in [9.17, 15) is 0 Å². The van der Waals surface area contributed by atoms with Crippen molar-refractivity contribution >= 4 is 0 Å². The Kier molecular flexibility index (Phi) is 4.00. The molecule has 1 heteroatoms. The lowest BCUT2D eigenvalue weighted by molar-refractivity contribution is 0.294. The molecule has 1 aliphatic rings. The van der Waals surface area contributed by atoms with Crippen molar-refractivity contribution < 1.29 is 0 Å². The van der Waals surface area contributed by atoms with E-state index in [2.05, 4.69) is 43.4 Å². The van der Waals surface area contributed by atoms with E-state index in [1.807, 2.05) is 0 Å². The zero-order valence-electron chi connectivity index (χ0n) is 10.5. The van der Waals surface area contributed by atoms with Gasteiger partial charge in [-0.05, 0) is 44.2 Å². The SMILES string of the molecule is CCC1CCNC(Cc2ccc(C)cc2)C1. The summed E-state index contributed by atoms with van der Waals surface area (Å²) in [7, 11) is 0. The summed E-state index contributed by atoms with van der Waals surface area (Å²) >= 11 is 0. The molecule has 1 saturated heterocycles. The highest BCUT2D eigenvalue weighted by Crippen LogP contribution is 2.21. The standard InChI is InChI=1S/C15H23N/c1-3-13-8-9-16-15(10-13)11-14-6-4-12(2)5-7-14/h4-7,13,15-16H,3,8-11H2,1-2H3. The van der Waals surface area contributed by atoms with Crippen molar-refractivity contribution in [3.8, 4) is 0 Å². The fourth-order valence-electron chi connectivity index (χ4n) is 2.63. The van der Waals surface area contributed by atoms with Crippen molar-refractivity contribution in [2.45, 2.75) is 45.6 Å². The summed E-state index contributed by atoms with van der Waals surface area (Å²) in [4.78, 5) is 0. The zero-order chi connectivity index (χ0) is 11.4. The van der Waals surface area contributed by atoms with Crippen molar-refractivity contribution in [1.29, 1.82) is 0 Å². The van der Waals surface area contributed by atoms with Crippen LogP contribution in [0.15, 0.2) is 24.3 Å². The van der Waals surface area contributed by atoms with Gasteiger partial charge in [0.2, 0.25) is 0 Å². The summed E-state index contributed by atoms with van der Waals surface area (Å²) in [5.41, 5.74) is 2.83. The third-order valence-electron chi connectivity index (χ3n) is 3.78. The molecule has 0 radical (unpaired) electrons. The Morgan fingerprint density at radius 2 is 2.00 bits per heavy atom. The van der Waals surface area contributed by atoms with Crippen LogP contribution in [-0.4, -0.2) is 12.6 Å². The maximum Gasteiger partial charge on any atom is 0.0110 e. The first-order chi connectivity index (χ1) is 7.78. The van der Waals surface area contributed by atoms with Crippen molar-refractivity contribution in [3.63, 3.8) is 0 Å². The van der Waals surface area contributed by atoms with Crippen molar-refractivity contribution in [2.24, 2.45) is 5.92 Å². The predicted molar refractivity (Wildman–Crippen MR) is 69.7 cm³/mol. The van der Waals surface area contributed by atoms with Gasteiger partial charge in [0.05, 0.1) is 0 Å². The van der Waals surface area contributed by atoms with Crippen molar-refractivity contribution in [3.05, 3.63) is 35.4 Å². The van der Waals surface area contributed by atoms with E-state index in [1.165, 1.54) is 43.4 Å². The predicted octanol–water partition coefficient (Wildman–Crippen LogP) is 3.32. The number of benzene rings is 1. The monoisotopic (exact) mass is 217 g/mol. The number of rotatable bonds is 3. The molecule has 1 aromatic carbocycles. The highest BCUT2D eigenvalue weighted by Gasteiger charge is 2.19. The van der Waals surface area contributed by atoms with Gasteiger partial charge in [0, 0.05) is 6.04 Å². The second-order valence-corrected chi connectivity index (χ2v) is 5.14. The minimum absolute atomic E-state index is 0.696. The van der Waals surface area contributed by atoms with Crippen LogP contribution in [0.4, 0.5) is 0 Å². The smallest absolute Gasteiger partial charge is 0.0110 e. The normalized spacial score (nSPS) is 25.6. The van der Waals surface area contributed by atoms with Crippen LogP contribution in [0.25, 0.3) is 0 Å². The largest absolute Gasteiger partial charge is 0.314 e. The first-order valence-corrected chi connectivity index (χ1v) is 6.57. The topological polar surface area (TPSA) is 12.0 Å². The maximum atomic E-state index is 3.65. The van der Waals surface area contributed by atoms with E-state index in [-0.39, 0.29) is 0 Å². The van der Waals surface area contributed by atoms with Crippen LogP contribution in [0.2, 0.25) is 0 Å². The van der Waals surface area contributed by atoms with Gasteiger partial charge < -0.3 is 5.32 Å². The van der Waals surface area contributed by atoms with Gasteiger partial charge in [0.1, 0.15) is 0 Å². The first kappa shape index (κ1) is 11.7. The molecule has 2 rings (SSSR count). The molecule has 0 saturated carbocycles. The Labute approximate surface area is 99.3 Å². The van der Waals surface area contributed by atoms with Crippen molar-refractivity contribution in [1.82, 2.24) is 5.32 Å². The number of piperidine rings is 1. The van der Waals surface area contributed by atoms with Crippen molar-refractivity contribution in [2.75, 3.05) is 6.54 Å². The Morgan fingerprint density at radius 1 is 1.25 bits per heavy atom. The summed E-state index contributed by atoms with van der Waals surface area (Å²) in [6, 6.07) is 9.67. The molecule has 16 heavy (non-hydrogen) atoms. The van der Waals surface area contributed by atoms with Gasteiger partial charge in [-0.25, -0.2) is 0 Å². The van der Waals surface area contributed by atoms with Crippen LogP contribution >= 0.6 is 0 Å². The number of hydrogen-bond donors (Lipinski definition) is 1. The van der Waals surface area contributed by atoms with Gasteiger partial charge in [-0.1, -0.05) is 43.2 Å². The average molecular weight is 217 g/mol. The Balaban J connectivity index is 1.91. The molecule has 2 unspecified atom stereocenters. The van der Waals surface area contributed by atoms with E-state index in [0.29, 0.717) is 6.04 Å². The van der Waals surface area contributed by atoms with Gasteiger partial charge in [-0.15, -0.1) is 0 Å². The molecular weight excluding hydrogens is 194 g/mol. The fourth-order valence-corrected chi connectivity index (χ4v) is 2.63. The molecule has 0 spiro atoms. The summed E-state index contributed by atoms with van der Waals surface area (Å²) in [6.45, 7) is 5.67. The lowest BCUT2D eigenvalue weighted by Crippen LogP contribution is -2.39. The average Bonchev–Trinajstić information content (AvgIpc) is 2.32. The van der Waals surface area contributed by atoms with Crippen LogP contribution in [0, 0.1) is 12.8 Å². The van der Waals surface area contributed by atoms with Gasteiger partial charge in [0.15, 0.2) is 0 Å². The van der Waals surface area contributed by atoms with E-state index < -0.39 is 0 Å². The second kappa shape index (κ2) is 5.49. The van der Waals surface area contributed by atoms with E-state index >= 15 is 0 Å². The molecular formula is C15H23N. The quantitative estimate of drug-likeness (QED) is 0.819.